The minimum absolute atomic E-state index is 0.270. The van der Waals surface area contributed by atoms with E-state index < -0.39 is 0 Å². The first-order valence-corrected chi connectivity index (χ1v) is 20.1. The van der Waals surface area contributed by atoms with Crippen molar-refractivity contribution < 1.29 is 0 Å². The molecule has 0 saturated heterocycles. The van der Waals surface area contributed by atoms with Gasteiger partial charge in [0.2, 0.25) is 0 Å². The monoisotopic (exact) mass is 707 g/mol. The van der Waals surface area contributed by atoms with Crippen LogP contribution in [0.3, 0.4) is 0 Å². The number of rotatable bonds is 7. The summed E-state index contributed by atoms with van der Waals surface area (Å²) in [6.45, 7) is 2.40. The van der Waals surface area contributed by atoms with Gasteiger partial charge < -0.3 is 4.90 Å². The molecule has 266 valence electrons. The average Bonchev–Trinajstić information content (AvgIpc) is 3.53. The molecule has 0 bridgehead atoms. The molecule has 0 radical (unpaired) electrons. The van der Waals surface area contributed by atoms with Crippen LogP contribution in [0.15, 0.2) is 188 Å². The fourth-order valence-corrected chi connectivity index (χ4v) is 9.97. The van der Waals surface area contributed by atoms with E-state index in [2.05, 4.69) is 200 Å². The lowest BCUT2D eigenvalue weighted by molar-refractivity contribution is 0.445. The van der Waals surface area contributed by atoms with Gasteiger partial charge in [-0.1, -0.05) is 183 Å². The molecule has 10 rings (SSSR count). The minimum atomic E-state index is -0.270. The number of hydrogen-bond acceptors (Lipinski definition) is 1. The summed E-state index contributed by atoms with van der Waals surface area (Å²) in [5, 5.41) is 2.73. The summed E-state index contributed by atoms with van der Waals surface area (Å²) >= 11 is 0. The molecule has 1 nitrogen and oxygen atoms in total. The van der Waals surface area contributed by atoms with E-state index in [1.54, 1.807) is 0 Å². The highest BCUT2D eigenvalue weighted by molar-refractivity contribution is 6.05. The zero-order chi connectivity index (χ0) is 36.8. The van der Waals surface area contributed by atoms with Gasteiger partial charge in [-0.05, 0) is 105 Å². The van der Waals surface area contributed by atoms with Gasteiger partial charge in [0.05, 0.1) is 11.4 Å². The summed E-state index contributed by atoms with van der Waals surface area (Å²) in [6.07, 6.45) is 6.52. The van der Waals surface area contributed by atoms with Crippen LogP contribution in [0.2, 0.25) is 0 Å². The Morgan fingerprint density at radius 2 is 0.964 bits per heavy atom. The van der Waals surface area contributed by atoms with E-state index in [4.69, 9.17) is 0 Å². The van der Waals surface area contributed by atoms with E-state index in [9.17, 15) is 0 Å². The molecule has 2 aliphatic carbocycles. The summed E-state index contributed by atoms with van der Waals surface area (Å²) in [5.74, 6) is 0.598. The van der Waals surface area contributed by atoms with Crippen LogP contribution in [0.25, 0.3) is 44.2 Å². The Labute approximate surface area is 325 Å². The van der Waals surface area contributed by atoms with Crippen molar-refractivity contribution in [3.63, 3.8) is 0 Å². The summed E-state index contributed by atoms with van der Waals surface area (Å²) in [6, 6.07) is 69.9. The predicted molar refractivity (Wildman–Crippen MR) is 233 cm³/mol. The van der Waals surface area contributed by atoms with Gasteiger partial charge in [0.1, 0.15) is 0 Å². The highest BCUT2D eigenvalue weighted by Gasteiger charge is 2.42. The fourth-order valence-electron chi connectivity index (χ4n) is 9.97. The first kappa shape index (κ1) is 33.4. The highest BCUT2D eigenvalue weighted by atomic mass is 15.1. The first-order chi connectivity index (χ1) is 27.2. The van der Waals surface area contributed by atoms with Crippen LogP contribution in [-0.2, 0) is 5.41 Å². The molecule has 0 N–H and O–H groups in total. The molecule has 2 aliphatic rings. The molecule has 55 heavy (non-hydrogen) atoms. The Morgan fingerprint density at radius 1 is 0.436 bits per heavy atom. The van der Waals surface area contributed by atoms with Crippen molar-refractivity contribution in [1.82, 2.24) is 0 Å². The summed E-state index contributed by atoms with van der Waals surface area (Å²) in [7, 11) is 0. The quantitative estimate of drug-likeness (QED) is 0.159. The van der Waals surface area contributed by atoms with Gasteiger partial charge in [-0.15, -0.1) is 0 Å². The van der Waals surface area contributed by atoms with Gasteiger partial charge in [0, 0.05) is 22.2 Å². The Morgan fingerprint density at radius 3 is 1.69 bits per heavy atom. The number of para-hydroxylation sites is 3. The van der Waals surface area contributed by atoms with E-state index in [1.165, 1.54) is 104 Å². The summed E-state index contributed by atoms with van der Waals surface area (Å²) < 4.78 is 0. The zero-order valence-corrected chi connectivity index (χ0v) is 31.5. The van der Waals surface area contributed by atoms with Crippen LogP contribution in [0.5, 0.6) is 0 Å². The molecule has 0 spiro atoms. The van der Waals surface area contributed by atoms with Crippen molar-refractivity contribution in [1.29, 1.82) is 0 Å². The molecule has 1 fully saturated rings. The van der Waals surface area contributed by atoms with Gasteiger partial charge in [-0.25, -0.2) is 0 Å². The molecular formula is C54H45N. The largest absolute Gasteiger partial charge is 0.309 e. The van der Waals surface area contributed by atoms with Crippen LogP contribution in [0.1, 0.15) is 67.2 Å². The van der Waals surface area contributed by atoms with Gasteiger partial charge >= 0.3 is 0 Å². The van der Waals surface area contributed by atoms with E-state index in [-0.39, 0.29) is 5.41 Å². The SMILES string of the molecule is CC1(c2ccccc2)c2ccccc2-c2c(-c3ccccc3N(c3ccccc3)c3ccccc3-c3cccc4cccc(C5CCCCC5)c34)cccc21. The van der Waals surface area contributed by atoms with Crippen LogP contribution < -0.4 is 4.90 Å². The molecule has 0 amide bonds. The number of nitrogens with zero attached hydrogens (tertiary/aromatic N) is 1. The third kappa shape index (κ3) is 5.52. The molecule has 1 heteroatoms. The van der Waals surface area contributed by atoms with Crippen molar-refractivity contribution >= 4 is 27.8 Å². The van der Waals surface area contributed by atoms with Gasteiger partial charge in [-0.2, -0.15) is 0 Å². The van der Waals surface area contributed by atoms with Crippen LogP contribution >= 0.6 is 0 Å². The maximum absolute atomic E-state index is 2.50. The maximum atomic E-state index is 2.50. The molecule has 1 unspecified atom stereocenters. The molecule has 0 aromatic heterocycles. The van der Waals surface area contributed by atoms with E-state index in [1.807, 2.05) is 0 Å². The molecule has 0 heterocycles. The van der Waals surface area contributed by atoms with Crippen molar-refractivity contribution in [3.05, 3.63) is 210 Å². The third-order valence-corrected chi connectivity index (χ3v) is 12.6. The maximum Gasteiger partial charge on any atom is 0.0540 e. The number of fused-ring (bicyclic) bond motifs is 4. The number of hydrogen-bond donors (Lipinski definition) is 0. The second-order valence-corrected chi connectivity index (χ2v) is 15.6. The van der Waals surface area contributed by atoms with Crippen LogP contribution in [0.4, 0.5) is 17.1 Å². The van der Waals surface area contributed by atoms with Crippen molar-refractivity contribution in [2.75, 3.05) is 4.90 Å². The van der Waals surface area contributed by atoms with E-state index >= 15 is 0 Å². The smallest absolute Gasteiger partial charge is 0.0540 e. The Hall–Kier alpha value is -6.18. The van der Waals surface area contributed by atoms with E-state index in [0.29, 0.717) is 5.92 Å². The molecule has 1 atom stereocenters. The highest BCUT2D eigenvalue weighted by Crippen LogP contribution is 2.56. The summed E-state index contributed by atoms with van der Waals surface area (Å²) in [5.41, 5.74) is 16.4. The molecule has 0 aliphatic heterocycles. The normalized spacial score (nSPS) is 16.5. The van der Waals surface area contributed by atoms with E-state index in [0.717, 1.165) is 11.4 Å². The van der Waals surface area contributed by atoms with Gasteiger partial charge in [-0.3, -0.25) is 0 Å². The third-order valence-electron chi connectivity index (χ3n) is 12.6. The fraction of sp³-hybridized carbons (Fsp3) is 0.148. The lowest BCUT2D eigenvalue weighted by atomic mass is 9.74. The molecular weight excluding hydrogens is 663 g/mol. The summed E-state index contributed by atoms with van der Waals surface area (Å²) in [4.78, 5) is 2.50. The molecule has 8 aromatic carbocycles. The van der Waals surface area contributed by atoms with Gasteiger partial charge in [0.25, 0.3) is 0 Å². The van der Waals surface area contributed by atoms with Crippen molar-refractivity contribution in [2.45, 2.75) is 50.4 Å². The number of benzene rings is 8. The zero-order valence-electron chi connectivity index (χ0n) is 31.5. The van der Waals surface area contributed by atoms with Crippen LogP contribution in [0, 0.1) is 0 Å². The Bertz CT molecular complexity index is 2640. The minimum Gasteiger partial charge on any atom is -0.309 e. The molecule has 8 aromatic rings. The Kier molecular flexibility index (Phi) is 8.44. The average molecular weight is 708 g/mol. The predicted octanol–water partition coefficient (Wildman–Crippen LogP) is 15.0. The lowest BCUT2D eigenvalue weighted by Crippen LogP contribution is -2.22. The first-order valence-electron chi connectivity index (χ1n) is 20.1. The Balaban J connectivity index is 1.21. The second kappa shape index (κ2) is 13.9. The van der Waals surface area contributed by atoms with Crippen molar-refractivity contribution in [2.24, 2.45) is 0 Å². The standard InChI is InChI=1S/C54H45N/c1-54(40-24-7-3-8-25-40)48-34-14-11-30-47(48)53-46(33-19-35-49(53)54)44-29-13-16-37-51(44)55(41-26-9-4-10-27-41)50-36-15-12-28-43(50)45-32-18-23-39-22-17-31-42(52(39)45)38-20-5-2-6-21-38/h3-4,7-19,22-38H,2,5-6,20-21H2,1H3. The second-order valence-electron chi connectivity index (χ2n) is 15.6. The van der Waals surface area contributed by atoms with Crippen LogP contribution in [-0.4, -0.2) is 0 Å². The number of anilines is 3. The molecule has 1 saturated carbocycles. The lowest BCUT2D eigenvalue weighted by Gasteiger charge is -2.31. The van der Waals surface area contributed by atoms with Crippen molar-refractivity contribution in [3.8, 4) is 33.4 Å². The topological polar surface area (TPSA) is 3.24 Å². The van der Waals surface area contributed by atoms with Gasteiger partial charge in [0.15, 0.2) is 0 Å².